The number of hydrogen-bond donors (Lipinski definition) is 2. The van der Waals surface area contributed by atoms with Crippen molar-refractivity contribution in [1.82, 2.24) is 14.2 Å². The Labute approximate surface area is 108 Å². The van der Waals surface area contributed by atoms with Gasteiger partial charge in [0.25, 0.3) is 0 Å². The van der Waals surface area contributed by atoms with Gasteiger partial charge in [-0.25, -0.2) is 4.79 Å². The van der Waals surface area contributed by atoms with Crippen LogP contribution in [0.5, 0.6) is 0 Å². The first kappa shape index (κ1) is 12.6. The van der Waals surface area contributed by atoms with Crippen LogP contribution < -0.4 is 5.32 Å². The van der Waals surface area contributed by atoms with Crippen molar-refractivity contribution in [3.8, 4) is 0 Å². The Morgan fingerprint density at radius 3 is 3.11 bits per heavy atom. The second-order valence-corrected chi connectivity index (χ2v) is 4.60. The van der Waals surface area contributed by atoms with Gasteiger partial charge in [0.15, 0.2) is 0 Å². The van der Waals surface area contributed by atoms with E-state index in [4.69, 9.17) is 5.11 Å². The standard InChI is InChI=1S/C11H14N4O2S/c1-8-9(11(16)17)10(18-14-8)12-4-2-6-15-7-3-5-13-15/h3,5,7,12H,2,4,6H2,1H3,(H,16,17). The quantitative estimate of drug-likeness (QED) is 0.780. The Kier molecular flexibility index (Phi) is 3.93. The molecule has 0 aromatic carbocycles. The first-order valence-corrected chi connectivity index (χ1v) is 6.36. The number of aryl methyl sites for hydroxylation is 2. The molecule has 0 aliphatic carbocycles. The minimum Gasteiger partial charge on any atom is -0.478 e. The summed E-state index contributed by atoms with van der Waals surface area (Å²) >= 11 is 1.19. The van der Waals surface area contributed by atoms with Crippen molar-refractivity contribution in [2.45, 2.75) is 19.9 Å². The molecule has 0 spiro atoms. The SMILES string of the molecule is Cc1nsc(NCCCn2cccn2)c1C(=O)O. The number of anilines is 1. The topological polar surface area (TPSA) is 80.0 Å². The molecule has 2 aromatic rings. The van der Waals surface area contributed by atoms with Crippen LogP contribution in [0.25, 0.3) is 0 Å². The molecule has 0 unspecified atom stereocenters. The monoisotopic (exact) mass is 266 g/mol. The minimum atomic E-state index is -0.934. The van der Waals surface area contributed by atoms with Crippen LogP contribution in [0.4, 0.5) is 5.00 Å². The summed E-state index contributed by atoms with van der Waals surface area (Å²) in [4.78, 5) is 11.0. The van der Waals surface area contributed by atoms with E-state index >= 15 is 0 Å². The fourth-order valence-electron chi connectivity index (χ4n) is 1.62. The third-order valence-electron chi connectivity index (χ3n) is 2.49. The number of nitrogens with zero attached hydrogens (tertiary/aromatic N) is 3. The molecule has 0 amide bonds. The normalized spacial score (nSPS) is 10.5. The lowest BCUT2D eigenvalue weighted by Gasteiger charge is -2.05. The van der Waals surface area contributed by atoms with Crippen LogP contribution in [0.1, 0.15) is 22.5 Å². The van der Waals surface area contributed by atoms with Crippen molar-refractivity contribution in [3.05, 3.63) is 29.7 Å². The van der Waals surface area contributed by atoms with Crippen LogP contribution in [0, 0.1) is 6.92 Å². The van der Waals surface area contributed by atoms with E-state index in [1.807, 2.05) is 16.9 Å². The van der Waals surface area contributed by atoms with Gasteiger partial charge in [-0.2, -0.15) is 9.47 Å². The van der Waals surface area contributed by atoms with E-state index in [1.54, 1.807) is 13.1 Å². The van der Waals surface area contributed by atoms with Gasteiger partial charge < -0.3 is 10.4 Å². The molecule has 0 atom stereocenters. The van der Waals surface area contributed by atoms with Gasteiger partial charge in [0.2, 0.25) is 0 Å². The van der Waals surface area contributed by atoms with Crippen LogP contribution in [0.15, 0.2) is 18.5 Å². The third kappa shape index (κ3) is 2.86. The molecule has 0 radical (unpaired) electrons. The van der Waals surface area contributed by atoms with E-state index in [-0.39, 0.29) is 5.56 Å². The summed E-state index contributed by atoms with van der Waals surface area (Å²) < 4.78 is 5.89. The predicted molar refractivity (Wildman–Crippen MR) is 69.1 cm³/mol. The average molecular weight is 266 g/mol. The summed E-state index contributed by atoms with van der Waals surface area (Å²) in [5, 5.41) is 16.9. The van der Waals surface area contributed by atoms with Crippen LogP contribution >= 0.6 is 11.5 Å². The lowest BCUT2D eigenvalue weighted by molar-refractivity contribution is 0.0697. The molecule has 7 heteroatoms. The fourth-order valence-corrected chi connectivity index (χ4v) is 2.43. The molecule has 6 nitrogen and oxygen atoms in total. The Hall–Kier alpha value is -1.89. The van der Waals surface area contributed by atoms with Gasteiger partial charge in [-0.15, -0.1) is 0 Å². The molecule has 2 N–H and O–H groups in total. The van der Waals surface area contributed by atoms with Crippen molar-refractivity contribution in [1.29, 1.82) is 0 Å². The second kappa shape index (κ2) is 5.63. The van der Waals surface area contributed by atoms with Crippen molar-refractivity contribution < 1.29 is 9.90 Å². The van der Waals surface area contributed by atoms with Gasteiger partial charge in [0.05, 0.1) is 5.69 Å². The number of carboxylic acid groups (broad SMARTS) is 1. The van der Waals surface area contributed by atoms with E-state index in [0.717, 1.165) is 13.0 Å². The Bertz CT molecular complexity index is 521. The number of hydrogen-bond acceptors (Lipinski definition) is 5. The largest absolute Gasteiger partial charge is 0.478 e. The molecular weight excluding hydrogens is 252 g/mol. The molecule has 2 rings (SSSR count). The Balaban J connectivity index is 1.85. The molecule has 0 bridgehead atoms. The van der Waals surface area contributed by atoms with Crippen molar-refractivity contribution in [2.75, 3.05) is 11.9 Å². The molecule has 2 aromatic heterocycles. The molecule has 0 fully saturated rings. The summed E-state index contributed by atoms with van der Waals surface area (Å²) in [6.07, 6.45) is 4.51. The van der Waals surface area contributed by atoms with Crippen molar-refractivity contribution in [2.24, 2.45) is 0 Å². The highest BCUT2D eigenvalue weighted by molar-refractivity contribution is 7.10. The summed E-state index contributed by atoms with van der Waals surface area (Å²) in [5.41, 5.74) is 0.834. The smallest absolute Gasteiger partial charge is 0.340 e. The molecule has 2 heterocycles. The molecule has 18 heavy (non-hydrogen) atoms. The zero-order valence-corrected chi connectivity index (χ0v) is 10.8. The highest BCUT2D eigenvalue weighted by Crippen LogP contribution is 2.24. The van der Waals surface area contributed by atoms with Crippen LogP contribution in [-0.2, 0) is 6.54 Å². The maximum Gasteiger partial charge on any atom is 0.340 e. The lowest BCUT2D eigenvalue weighted by atomic mass is 10.2. The number of aromatic nitrogens is 3. The molecule has 96 valence electrons. The van der Waals surface area contributed by atoms with Gasteiger partial charge in [0, 0.05) is 25.5 Å². The van der Waals surface area contributed by atoms with E-state index in [1.165, 1.54) is 11.5 Å². The van der Waals surface area contributed by atoms with Gasteiger partial charge in [-0.1, -0.05) is 0 Å². The number of carboxylic acids is 1. The van der Waals surface area contributed by atoms with Gasteiger partial charge in [-0.05, 0) is 30.9 Å². The minimum absolute atomic E-state index is 0.277. The number of nitrogens with one attached hydrogen (secondary N) is 1. The average Bonchev–Trinajstić information content (AvgIpc) is 2.94. The summed E-state index contributed by atoms with van der Waals surface area (Å²) in [6.45, 7) is 3.21. The van der Waals surface area contributed by atoms with E-state index in [9.17, 15) is 4.79 Å². The number of aromatic carboxylic acids is 1. The summed E-state index contributed by atoms with van der Waals surface area (Å²) in [6, 6.07) is 1.88. The summed E-state index contributed by atoms with van der Waals surface area (Å²) in [5.74, 6) is -0.934. The number of carbonyl (C=O) groups is 1. The van der Waals surface area contributed by atoms with E-state index in [2.05, 4.69) is 14.8 Å². The van der Waals surface area contributed by atoms with Crippen molar-refractivity contribution >= 4 is 22.5 Å². The number of rotatable bonds is 6. The van der Waals surface area contributed by atoms with E-state index < -0.39 is 5.97 Å². The zero-order chi connectivity index (χ0) is 13.0. The van der Waals surface area contributed by atoms with Gasteiger partial charge in [0.1, 0.15) is 10.6 Å². The zero-order valence-electron chi connectivity index (χ0n) is 9.96. The van der Waals surface area contributed by atoms with Gasteiger partial charge in [-0.3, -0.25) is 4.68 Å². The molecule has 0 aliphatic rings. The Morgan fingerprint density at radius 2 is 2.44 bits per heavy atom. The third-order valence-corrected chi connectivity index (χ3v) is 3.38. The molecular formula is C11H14N4O2S. The second-order valence-electron chi connectivity index (χ2n) is 3.83. The Morgan fingerprint density at radius 1 is 1.61 bits per heavy atom. The molecule has 0 saturated carbocycles. The maximum absolute atomic E-state index is 11.0. The van der Waals surface area contributed by atoms with Gasteiger partial charge >= 0.3 is 5.97 Å². The summed E-state index contributed by atoms with van der Waals surface area (Å²) in [7, 11) is 0. The first-order chi connectivity index (χ1) is 8.68. The molecule has 0 saturated heterocycles. The molecule has 0 aliphatic heterocycles. The highest BCUT2D eigenvalue weighted by atomic mass is 32.1. The highest BCUT2D eigenvalue weighted by Gasteiger charge is 2.16. The van der Waals surface area contributed by atoms with Crippen LogP contribution in [0.2, 0.25) is 0 Å². The lowest BCUT2D eigenvalue weighted by Crippen LogP contribution is -2.09. The van der Waals surface area contributed by atoms with Crippen LogP contribution in [-0.4, -0.2) is 31.8 Å². The fraction of sp³-hybridized carbons (Fsp3) is 0.364. The van der Waals surface area contributed by atoms with E-state index in [0.29, 0.717) is 17.2 Å². The first-order valence-electron chi connectivity index (χ1n) is 5.59. The van der Waals surface area contributed by atoms with Crippen LogP contribution in [0.3, 0.4) is 0 Å². The van der Waals surface area contributed by atoms with Crippen molar-refractivity contribution in [3.63, 3.8) is 0 Å². The maximum atomic E-state index is 11.0. The predicted octanol–water partition coefficient (Wildman–Crippen LogP) is 1.85.